The maximum Gasteiger partial charge on any atom is 0.313 e. The number of pyridine rings is 1. The van der Waals surface area contributed by atoms with Crippen LogP contribution >= 0.6 is 23.4 Å². The molecule has 0 aliphatic heterocycles. The Morgan fingerprint density at radius 3 is 2.69 bits per heavy atom. The third-order valence-electron chi connectivity index (χ3n) is 4.35. The summed E-state index contributed by atoms with van der Waals surface area (Å²) in [6.45, 7) is 0. The maximum atomic E-state index is 11.1. The van der Waals surface area contributed by atoms with Gasteiger partial charge in [-0.2, -0.15) is 5.26 Å². The Morgan fingerprint density at radius 2 is 1.97 bits per heavy atom. The van der Waals surface area contributed by atoms with E-state index in [-0.39, 0.29) is 5.75 Å². The van der Waals surface area contributed by atoms with Gasteiger partial charge in [0.05, 0.1) is 21.8 Å². The molecular weight excluding hydrogens is 406 g/mol. The van der Waals surface area contributed by atoms with E-state index in [1.165, 1.54) is 11.8 Å². The normalized spacial score (nSPS) is 11.3. The predicted octanol–water partition coefficient (Wildman–Crippen LogP) is 5.36. The standard InChI is InChI=1S/C22H14ClN3O2S/c23-16-9-6-14(7-10-16)5-8-15-11-20(29-13-21(27)28)26-19-4-2-1-3-18(19)25-22(26)17(15)12-24/h1-11H,13H2,(H,27,28). The van der Waals surface area contributed by atoms with Crippen molar-refractivity contribution in [1.29, 1.82) is 5.26 Å². The van der Waals surface area contributed by atoms with Crippen LogP contribution in [0.2, 0.25) is 5.02 Å². The van der Waals surface area contributed by atoms with E-state index in [4.69, 9.17) is 16.7 Å². The van der Waals surface area contributed by atoms with Crippen molar-refractivity contribution < 1.29 is 9.90 Å². The average molecular weight is 420 g/mol. The van der Waals surface area contributed by atoms with Crippen molar-refractivity contribution >= 4 is 58.2 Å². The molecule has 0 spiro atoms. The van der Waals surface area contributed by atoms with Gasteiger partial charge in [0, 0.05) is 5.02 Å². The van der Waals surface area contributed by atoms with E-state index in [2.05, 4.69) is 11.1 Å². The van der Waals surface area contributed by atoms with Crippen molar-refractivity contribution in [3.8, 4) is 6.07 Å². The first-order valence-corrected chi connectivity index (χ1v) is 10.1. The fourth-order valence-corrected chi connectivity index (χ4v) is 3.98. The smallest absolute Gasteiger partial charge is 0.313 e. The molecule has 2 heterocycles. The SMILES string of the molecule is N#Cc1c(C=Cc2ccc(Cl)cc2)cc(SCC(=O)O)n2c1nc1ccccc12. The van der Waals surface area contributed by atoms with Gasteiger partial charge in [-0.3, -0.25) is 9.20 Å². The number of fused-ring (bicyclic) bond motifs is 3. The zero-order valence-electron chi connectivity index (χ0n) is 15.0. The van der Waals surface area contributed by atoms with Gasteiger partial charge in [0.15, 0.2) is 5.65 Å². The number of nitrogens with zero attached hydrogens (tertiary/aromatic N) is 3. The van der Waals surface area contributed by atoms with Crippen molar-refractivity contribution in [2.45, 2.75) is 5.03 Å². The summed E-state index contributed by atoms with van der Waals surface area (Å²) in [4.78, 5) is 15.8. The van der Waals surface area contributed by atoms with Gasteiger partial charge in [0.25, 0.3) is 0 Å². The van der Waals surface area contributed by atoms with Crippen LogP contribution in [0.25, 0.3) is 28.8 Å². The van der Waals surface area contributed by atoms with E-state index in [1.54, 1.807) is 12.1 Å². The fourth-order valence-electron chi connectivity index (χ4n) is 3.06. The van der Waals surface area contributed by atoms with E-state index in [1.807, 2.05) is 59.0 Å². The molecule has 5 nitrogen and oxygen atoms in total. The molecule has 0 saturated heterocycles. The molecule has 7 heteroatoms. The number of para-hydroxylation sites is 2. The number of carboxylic acid groups (broad SMARTS) is 1. The highest BCUT2D eigenvalue weighted by Gasteiger charge is 2.16. The van der Waals surface area contributed by atoms with Crippen LogP contribution in [0, 0.1) is 11.3 Å². The molecule has 0 amide bonds. The quantitative estimate of drug-likeness (QED) is 0.440. The number of thioether (sulfide) groups is 1. The van der Waals surface area contributed by atoms with Gasteiger partial charge in [-0.1, -0.05) is 59.8 Å². The molecule has 2 aromatic heterocycles. The summed E-state index contributed by atoms with van der Waals surface area (Å²) in [5, 5.41) is 20.3. The van der Waals surface area contributed by atoms with Crippen molar-refractivity contribution in [2.24, 2.45) is 0 Å². The number of carboxylic acids is 1. The summed E-state index contributed by atoms with van der Waals surface area (Å²) < 4.78 is 1.85. The predicted molar refractivity (Wildman–Crippen MR) is 116 cm³/mol. The Balaban J connectivity index is 1.91. The number of imidazole rings is 1. The Kier molecular flexibility index (Phi) is 5.26. The summed E-state index contributed by atoms with van der Waals surface area (Å²) in [5.41, 5.74) is 4.15. The molecule has 29 heavy (non-hydrogen) atoms. The molecular formula is C22H14ClN3O2S. The first kappa shape index (κ1) is 19.1. The average Bonchev–Trinajstić information content (AvgIpc) is 3.11. The lowest BCUT2D eigenvalue weighted by Gasteiger charge is -2.09. The van der Waals surface area contributed by atoms with Crippen LogP contribution in [-0.2, 0) is 4.79 Å². The number of hydrogen-bond donors (Lipinski definition) is 1. The number of aromatic nitrogens is 2. The Morgan fingerprint density at radius 1 is 1.21 bits per heavy atom. The van der Waals surface area contributed by atoms with E-state index < -0.39 is 5.97 Å². The van der Waals surface area contributed by atoms with Crippen LogP contribution < -0.4 is 0 Å². The van der Waals surface area contributed by atoms with E-state index in [9.17, 15) is 10.1 Å². The molecule has 0 atom stereocenters. The largest absolute Gasteiger partial charge is 0.481 e. The number of nitriles is 1. The number of benzene rings is 2. The molecule has 0 fully saturated rings. The molecule has 0 saturated carbocycles. The van der Waals surface area contributed by atoms with E-state index >= 15 is 0 Å². The van der Waals surface area contributed by atoms with Crippen LogP contribution in [0.3, 0.4) is 0 Å². The summed E-state index contributed by atoms with van der Waals surface area (Å²) in [5.74, 6) is -0.997. The molecule has 0 aliphatic rings. The van der Waals surface area contributed by atoms with Gasteiger partial charge in [-0.15, -0.1) is 0 Å². The van der Waals surface area contributed by atoms with Crippen molar-refractivity contribution in [3.63, 3.8) is 0 Å². The molecule has 4 aromatic rings. The lowest BCUT2D eigenvalue weighted by atomic mass is 10.1. The van der Waals surface area contributed by atoms with Crippen LogP contribution in [-0.4, -0.2) is 26.2 Å². The van der Waals surface area contributed by atoms with Crippen molar-refractivity contribution in [3.05, 3.63) is 76.3 Å². The Labute approximate surface area is 175 Å². The summed E-state index contributed by atoms with van der Waals surface area (Å²) in [6, 6.07) is 19.0. The molecule has 0 aliphatic carbocycles. The van der Waals surface area contributed by atoms with Gasteiger partial charge in [-0.05, 0) is 41.5 Å². The van der Waals surface area contributed by atoms with Gasteiger partial charge in [0.1, 0.15) is 11.6 Å². The van der Waals surface area contributed by atoms with E-state index in [0.717, 1.165) is 16.6 Å². The topological polar surface area (TPSA) is 78.4 Å². The highest BCUT2D eigenvalue weighted by molar-refractivity contribution is 7.99. The highest BCUT2D eigenvalue weighted by Crippen LogP contribution is 2.30. The zero-order chi connectivity index (χ0) is 20.4. The minimum Gasteiger partial charge on any atom is -0.481 e. The number of rotatable bonds is 5. The number of hydrogen-bond acceptors (Lipinski definition) is 4. The number of halogens is 1. The molecule has 0 unspecified atom stereocenters. The summed E-state index contributed by atoms with van der Waals surface area (Å²) >= 11 is 7.13. The lowest BCUT2D eigenvalue weighted by Crippen LogP contribution is -2.02. The fraction of sp³-hybridized carbons (Fsp3) is 0.0455. The molecule has 4 rings (SSSR count). The van der Waals surface area contributed by atoms with Gasteiger partial charge < -0.3 is 5.11 Å². The monoisotopic (exact) mass is 419 g/mol. The Bertz CT molecular complexity index is 1300. The van der Waals surface area contributed by atoms with Crippen LogP contribution in [0.5, 0.6) is 0 Å². The third kappa shape index (κ3) is 3.83. The molecule has 142 valence electrons. The van der Waals surface area contributed by atoms with E-state index in [0.29, 0.717) is 26.8 Å². The minimum absolute atomic E-state index is 0.0894. The van der Waals surface area contributed by atoms with Crippen LogP contribution in [0.1, 0.15) is 16.7 Å². The molecule has 1 N–H and O–H groups in total. The number of carbonyl (C=O) groups is 1. The number of aliphatic carboxylic acids is 1. The lowest BCUT2D eigenvalue weighted by molar-refractivity contribution is -0.133. The summed E-state index contributed by atoms with van der Waals surface area (Å²) in [6.07, 6.45) is 3.73. The third-order valence-corrected chi connectivity index (χ3v) is 5.59. The first-order valence-electron chi connectivity index (χ1n) is 8.69. The molecule has 2 aromatic carbocycles. The highest BCUT2D eigenvalue weighted by atomic mass is 35.5. The second-order valence-corrected chi connectivity index (χ2v) is 7.68. The van der Waals surface area contributed by atoms with Crippen LogP contribution in [0.4, 0.5) is 0 Å². The first-order chi connectivity index (χ1) is 14.1. The van der Waals surface area contributed by atoms with Crippen molar-refractivity contribution in [1.82, 2.24) is 9.38 Å². The van der Waals surface area contributed by atoms with Gasteiger partial charge in [0.2, 0.25) is 0 Å². The molecule has 0 radical (unpaired) electrons. The maximum absolute atomic E-state index is 11.1. The van der Waals surface area contributed by atoms with Gasteiger partial charge in [-0.25, -0.2) is 4.98 Å². The van der Waals surface area contributed by atoms with Crippen LogP contribution in [0.15, 0.2) is 59.6 Å². The molecule has 0 bridgehead atoms. The second-order valence-electron chi connectivity index (χ2n) is 6.25. The zero-order valence-corrected chi connectivity index (χ0v) is 16.6. The summed E-state index contributed by atoms with van der Waals surface area (Å²) in [7, 11) is 0. The van der Waals surface area contributed by atoms with Crippen molar-refractivity contribution in [2.75, 3.05) is 5.75 Å². The minimum atomic E-state index is -0.907. The van der Waals surface area contributed by atoms with Gasteiger partial charge >= 0.3 is 5.97 Å². The second kappa shape index (κ2) is 8.00. The Hall–Kier alpha value is -3.27.